The molecule has 0 amide bonds. The Balaban J connectivity index is 2.24. The lowest BCUT2D eigenvalue weighted by Gasteiger charge is -1.91. The Hall–Kier alpha value is -1.65. The number of rotatable bonds is 1. The van der Waals surface area contributed by atoms with Crippen LogP contribution in [0.3, 0.4) is 0 Å². The van der Waals surface area contributed by atoms with Gasteiger partial charge in [0.05, 0.1) is 11.8 Å². The van der Waals surface area contributed by atoms with Crippen LogP contribution < -0.4 is 5.32 Å². The van der Waals surface area contributed by atoms with Crippen LogP contribution in [0.1, 0.15) is 12.5 Å². The van der Waals surface area contributed by atoms with Gasteiger partial charge in [0.25, 0.3) is 0 Å². The van der Waals surface area contributed by atoms with Crippen molar-refractivity contribution in [2.45, 2.75) is 6.92 Å². The first kappa shape index (κ1) is 7.02. The Bertz CT molecular complexity index is 360. The monoisotopic (exact) mass is 162 g/mol. The van der Waals surface area contributed by atoms with Crippen molar-refractivity contribution < 1.29 is 0 Å². The van der Waals surface area contributed by atoms with Crippen LogP contribution in [0.25, 0.3) is 0 Å². The van der Waals surface area contributed by atoms with Gasteiger partial charge in [0, 0.05) is 13.2 Å². The molecule has 1 aromatic heterocycles. The van der Waals surface area contributed by atoms with Crippen molar-refractivity contribution in [3.05, 3.63) is 18.0 Å². The highest BCUT2D eigenvalue weighted by atomic mass is 15.3. The Labute approximate surface area is 69.8 Å². The third-order valence-corrected chi connectivity index (χ3v) is 1.52. The van der Waals surface area contributed by atoms with Crippen LogP contribution in [0, 0.1) is 0 Å². The molecule has 0 spiro atoms. The zero-order valence-electron chi connectivity index (χ0n) is 6.89. The zero-order chi connectivity index (χ0) is 8.55. The van der Waals surface area contributed by atoms with Crippen molar-refractivity contribution in [1.29, 1.82) is 0 Å². The highest BCUT2D eigenvalue weighted by molar-refractivity contribution is 6.10. The SMILES string of the molecule is CC1=NN=C(c2cnn(C)c2)[N]1. The van der Waals surface area contributed by atoms with E-state index in [2.05, 4.69) is 20.6 Å². The van der Waals surface area contributed by atoms with E-state index in [1.54, 1.807) is 10.9 Å². The second kappa shape index (κ2) is 2.44. The fourth-order valence-electron chi connectivity index (χ4n) is 0.977. The summed E-state index contributed by atoms with van der Waals surface area (Å²) in [6, 6.07) is 0. The van der Waals surface area contributed by atoms with E-state index in [4.69, 9.17) is 0 Å². The summed E-state index contributed by atoms with van der Waals surface area (Å²) in [5.41, 5.74) is 0.901. The molecule has 0 saturated heterocycles. The molecule has 0 N–H and O–H groups in total. The first-order chi connectivity index (χ1) is 5.75. The van der Waals surface area contributed by atoms with Crippen LogP contribution in [-0.2, 0) is 7.05 Å². The van der Waals surface area contributed by atoms with Gasteiger partial charge < -0.3 is 0 Å². The molecule has 61 valence electrons. The molecule has 0 aromatic carbocycles. The predicted octanol–water partition coefficient (Wildman–Crippen LogP) is 0.118. The third kappa shape index (κ3) is 1.09. The van der Waals surface area contributed by atoms with Crippen LogP contribution in [0.4, 0.5) is 0 Å². The summed E-state index contributed by atoms with van der Waals surface area (Å²) in [5.74, 6) is 1.33. The van der Waals surface area contributed by atoms with Crippen molar-refractivity contribution >= 4 is 11.7 Å². The van der Waals surface area contributed by atoms with Gasteiger partial charge in [-0.3, -0.25) is 4.68 Å². The Morgan fingerprint density at radius 2 is 2.17 bits per heavy atom. The molecule has 2 rings (SSSR count). The lowest BCUT2D eigenvalue weighted by molar-refractivity contribution is 0.767. The smallest absolute Gasteiger partial charge is 0.186 e. The van der Waals surface area contributed by atoms with Gasteiger partial charge in [-0.1, -0.05) is 0 Å². The van der Waals surface area contributed by atoms with Crippen LogP contribution >= 0.6 is 0 Å². The summed E-state index contributed by atoms with van der Waals surface area (Å²) in [5, 5.41) is 15.8. The average molecular weight is 162 g/mol. The van der Waals surface area contributed by atoms with Crippen molar-refractivity contribution in [1.82, 2.24) is 15.1 Å². The Morgan fingerprint density at radius 1 is 1.33 bits per heavy atom. The molecule has 1 radical (unpaired) electrons. The molecule has 0 aliphatic carbocycles. The highest BCUT2D eigenvalue weighted by Crippen LogP contribution is 2.03. The molecule has 12 heavy (non-hydrogen) atoms. The minimum Gasteiger partial charge on any atom is -0.275 e. The quantitative estimate of drug-likeness (QED) is 0.578. The predicted molar refractivity (Wildman–Crippen MR) is 45.0 cm³/mol. The number of amidine groups is 2. The molecule has 2 heterocycles. The van der Waals surface area contributed by atoms with E-state index in [0.29, 0.717) is 11.7 Å². The normalized spacial score (nSPS) is 15.5. The maximum atomic E-state index is 4.12. The number of aryl methyl sites for hydroxylation is 1. The van der Waals surface area contributed by atoms with Crippen molar-refractivity contribution in [2.75, 3.05) is 0 Å². The third-order valence-electron chi connectivity index (χ3n) is 1.52. The van der Waals surface area contributed by atoms with Crippen LogP contribution in [0.5, 0.6) is 0 Å². The zero-order valence-corrected chi connectivity index (χ0v) is 6.89. The number of nitrogens with zero attached hydrogens (tertiary/aromatic N) is 5. The standard InChI is InChI=1S/C7H8N5/c1-5-9-7(11-10-5)6-3-8-12(2)4-6/h3-4H,1-2H3. The Kier molecular flexibility index (Phi) is 1.43. The lowest BCUT2D eigenvalue weighted by atomic mass is 10.3. The molecule has 0 bridgehead atoms. The minimum absolute atomic E-state index is 0.639. The van der Waals surface area contributed by atoms with Gasteiger partial charge in [-0.25, -0.2) is 5.32 Å². The fourth-order valence-corrected chi connectivity index (χ4v) is 0.977. The molecular formula is C7H8N5. The number of hydrogen-bond acceptors (Lipinski definition) is 3. The molecule has 1 aromatic rings. The molecule has 0 atom stereocenters. The van der Waals surface area contributed by atoms with Gasteiger partial charge in [0.2, 0.25) is 0 Å². The fraction of sp³-hybridized carbons (Fsp3) is 0.286. The van der Waals surface area contributed by atoms with Crippen molar-refractivity contribution in [3.8, 4) is 0 Å². The molecule has 0 unspecified atom stereocenters. The number of aromatic nitrogens is 2. The van der Waals surface area contributed by atoms with E-state index in [9.17, 15) is 0 Å². The maximum Gasteiger partial charge on any atom is 0.186 e. The molecule has 1 aliphatic rings. The molecule has 0 fully saturated rings. The van der Waals surface area contributed by atoms with Crippen LogP contribution in [-0.4, -0.2) is 21.5 Å². The summed E-state index contributed by atoms with van der Waals surface area (Å²) in [7, 11) is 1.85. The largest absolute Gasteiger partial charge is 0.275 e. The first-order valence-electron chi connectivity index (χ1n) is 3.59. The van der Waals surface area contributed by atoms with Gasteiger partial charge in [-0.05, 0) is 6.92 Å². The van der Waals surface area contributed by atoms with E-state index >= 15 is 0 Å². The van der Waals surface area contributed by atoms with E-state index in [-0.39, 0.29) is 0 Å². The summed E-state index contributed by atoms with van der Waals surface area (Å²) in [6.45, 7) is 1.81. The molecular weight excluding hydrogens is 154 g/mol. The van der Waals surface area contributed by atoms with Gasteiger partial charge >= 0.3 is 0 Å². The summed E-state index contributed by atoms with van der Waals surface area (Å²) in [4.78, 5) is 0. The maximum absolute atomic E-state index is 4.12. The number of hydrogen-bond donors (Lipinski definition) is 0. The molecule has 1 aliphatic heterocycles. The van der Waals surface area contributed by atoms with E-state index in [1.165, 1.54) is 0 Å². The van der Waals surface area contributed by atoms with E-state index in [1.807, 2.05) is 20.2 Å². The Morgan fingerprint density at radius 3 is 2.67 bits per heavy atom. The van der Waals surface area contributed by atoms with Crippen molar-refractivity contribution in [3.63, 3.8) is 0 Å². The van der Waals surface area contributed by atoms with Gasteiger partial charge in [0.1, 0.15) is 5.84 Å². The topological polar surface area (TPSA) is 56.6 Å². The van der Waals surface area contributed by atoms with Gasteiger partial charge in [-0.2, -0.15) is 5.10 Å². The molecule has 5 heteroatoms. The van der Waals surface area contributed by atoms with E-state index < -0.39 is 0 Å². The molecule has 0 saturated carbocycles. The first-order valence-corrected chi connectivity index (χ1v) is 3.59. The summed E-state index contributed by atoms with van der Waals surface area (Å²) < 4.78 is 1.71. The minimum atomic E-state index is 0.639. The second-order valence-electron chi connectivity index (χ2n) is 2.59. The summed E-state index contributed by atoms with van der Waals surface area (Å²) in [6.07, 6.45) is 3.58. The van der Waals surface area contributed by atoms with Crippen LogP contribution in [0.2, 0.25) is 0 Å². The summed E-state index contributed by atoms with van der Waals surface area (Å²) >= 11 is 0. The van der Waals surface area contributed by atoms with Crippen LogP contribution in [0.15, 0.2) is 22.6 Å². The van der Waals surface area contributed by atoms with Gasteiger partial charge in [-0.15, -0.1) is 10.2 Å². The second-order valence-corrected chi connectivity index (χ2v) is 2.59. The lowest BCUT2D eigenvalue weighted by Crippen LogP contribution is -2.15. The van der Waals surface area contributed by atoms with E-state index in [0.717, 1.165) is 5.56 Å². The highest BCUT2D eigenvalue weighted by Gasteiger charge is 2.12. The van der Waals surface area contributed by atoms with Crippen molar-refractivity contribution in [2.24, 2.45) is 17.3 Å². The molecule has 5 nitrogen and oxygen atoms in total. The average Bonchev–Trinajstić information content (AvgIpc) is 2.58. The van der Waals surface area contributed by atoms with Gasteiger partial charge in [0.15, 0.2) is 5.84 Å².